The van der Waals surface area contributed by atoms with E-state index < -0.39 is 0 Å². The Hall–Kier alpha value is -0.530. The Kier molecular flexibility index (Phi) is 1.74. The molecule has 2 heteroatoms. The molecule has 0 aromatic heterocycles. The maximum atomic E-state index is 10.3. The van der Waals surface area contributed by atoms with Gasteiger partial charge in [-0.05, 0) is 18.8 Å². The molecular formula is C7H12O2. The zero-order valence-corrected chi connectivity index (χ0v) is 5.89. The van der Waals surface area contributed by atoms with Crippen LogP contribution in [0.4, 0.5) is 0 Å². The molecule has 0 bridgehead atoms. The van der Waals surface area contributed by atoms with Gasteiger partial charge in [0.05, 0.1) is 0 Å². The van der Waals surface area contributed by atoms with Crippen LogP contribution in [0.5, 0.6) is 0 Å². The van der Waals surface area contributed by atoms with Gasteiger partial charge in [-0.2, -0.15) is 0 Å². The van der Waals surface area contributed by atoms with Gasteiger partial charge in [0.25, 0.3) is 0 Å². The van der Waals surface area contributed by atoms with Crippen molar-refractivity contribution in [2.45, 2.75) is 32.8 Å². The SMILES string of the molecule is CCC1CC1OC(C)=O. The Bertz CT molecular complexity index is 120. The molecule has 0 heterocycles. The van der Waals surface area contributed by atoms with Crippen LogP contribution in [0.1, 0.15) is 26.7 Å². The van der Waals surface area contributed by atoms with Gasteiger partial charge in [0.2, 0.25) is 0 Å². The minimum Gasteiger partial charge on any atom is -0.462 e. The van der Waals surface area contributed by atoms with E-state index in [0.717, 1.165) is 12.8 Å². The molecule has 0 aliphatic heterocycles. The quantitative estimate of drug-likeness (QED) is 0.525. The van der Waals surface area contributed by atoms with E-state index in [-0.39, 0.29) is 12.1 Å². The van der Waals surface area contributed by atoms with Gasteiger partial charge in [-0.1, -0.05) is 6.92 Å². The summed E-state index contributed by atoms with van der Waals surface area (Å²) < 4.78 is 4.93. The number of carbonyl (C=O) groups is 1. The van der Waals surface area contributed by atoms with Gasteiger partial charge in [-0.25, -0.2) is 0 Å². The van der Waals surface area contributed by atoms with Crippen LogP contribution >= 0.6 is 0 Å². The number of carbonyl (C=O) groups excluding carboxylic acids is 1. The summed E-state index contributed by atoms with van der Waals surface area (Å²) in [7, 11) is 0. The lowest BCUT2D eigenvalue weighted by Gasteiger charge is -1.96. The molecule has 1 saturated carbocycles. The van der Waals surface area contributed by atoms with Crippen LogP contribution in [0.3, 0.4) is 0 Å². The van der Waals surface area contributed by atoms with Crippen molar-refractivity contribution in [2.24, 2.45) is 5.92 Å². The minimum atomic E-state index is -0.143. The van der Waals surface area contributed by atoms with Gasteiger partial charge in [-0.3, -0.25) is 4.79 Å². The molecule has 1 aliphatic rings. The highest BCUT2D eigenvalue weighted by molar-refractivity contribution is 5.66. The second-order valence-electron chi connectivity index (χ2n) is 2.55. The lowest BCUT2D eigenvalue weighted by atomic mass is 10.3. The molecule has 1 aliphatic carbocycles. The summed E-state index contributed by atoms with van der Waals surface area (Å²) in [5, 5.41) is 0. The summed E-state index contributed by atoms with van der Waals surface area (Å²) >= 11 is 0. The first kappa shape index (κ1) is 6.59. The van der Waals surface area contributed by atoms with Crippen molar-refractivity contribution < 1.29 is 9.53 Å². The van der Waals surface area contributed by atoms with Gasteiger partial charge in [0.15, 0.2) is 0 Å². The summed E-state index contributed by atoms with van der Waals surface area (Å²) in [5.41, 5.74) is 0. The molecule has 1 rings (SSSR count). The lowest BCUT2D eigenvalue weighted by molar-refractivity contribution is -0.142. The van der Waals surface area contributed by atoms with Crippen molar-refractivity contribution in [3.63, 3.8) is 0 Å². The van der Waals surface area contributed by atoms with Gasteiger partial charge < -0.3 is 4.74 Å². The van der Waals surface area contributed by atoms with Crippen molar-refractivity contribution in [3.8, 4) is 0 Å². The fraction of sp³-hybridized carbons (Fsp3) is 0.857. The van der Waals surface area contributed by atoms with Crippen molar-refractivity contribution in [1.29, 1.82) is 0 Å². The van der Waals surface area contributed by atoms with Gasteiger partial charge >= 0.3 is 5.97 Å². The van der Waals surface area contributed by atoms with E-state index >= 15 is 0 Å². The molecule has 0 N–H and O–H groups in total. The van der Waals surface area contributed by atoms with Crippen LogP contribution in [0.25, 0.3) is 0 Å². The van der Waals surface area contributed by atoms with Gasteiger partial charge in [0.1, 0.15) is 6.10 Å². The van der Waals surface area contributed by atoms with E-state index in [1.165, 1.54) is 6.92 Å². The third-order valence-electron chi connectivity index (χ3n) is 1.70. The number of esters is 1. The Morgan fingerprint density at radius 3 is 2.78 bits per heavy atom. The Morgan fingerprint density at radius 1 is 1.78 bits per heavy atom. The number of hydrogen-bond donors (Lipinski definition) is 0. The monoisotopic (exact) mass is 128 g/mol. The normalized spacial score (nSPS) is 31.8. The molecule has 2 nitrogen and oxygen atoms in total. The molecular weight excluding hydrogens is 116 g/mol. The van der Waals surface area contributed by atoms with Crippen molar-refractivity contribution in [2.75, 3.05) is 0 Å². The first-order chi connectivity index (χ1) is 4.24. The second kappa shape index (κ2) is 2.38. The molecule has 0 saturated heterocycles. The first-order valence-electron chi connectivity index (χ1n) is 3.41. The van der Waals surface area contributed by atoms with Crippen molar-refractivity contribution in [1.82, 2.24) is 0 Å². The fourth-order valence-corrected chi connectivity index (χ4v) is 1.01. The van der Waals surface area contributed by atoms with E-state index in [1.54, 1.807) is 0 Å². The van der Waals surface area contributed by atoms with Crippen LogP contribution in [0, 0.1) is 5.92 Å². The van der Waals surface area contributed by atoms with Crippen molar-refractivity contribution >= 4 is 5.97 Å². The molecule has 2 atom stereocenters. The lowest BCUT2D eigenvalue weighted by Crippen LogP contribution is -2.01. The van der Waals surface area contributed by atoms with Gasteiger partial charge in [-0.15, -0.1) is 0 Å². The molecule has 0 spiro atoms. The maximum Gasteiger partial charge on any atom is 0.302 e. The van der Waals surface area contributed by atoms with Crippen LogP contribution in [0.2, 0.25) is 0 Å². The minimum absolute atomic E-state index is 0.143. The maximum absolute atomic E-state index is 10.3. The average molecular weight is 128 g/mol. The Morgan fingerprint density at radius 2 is 2.44 bits per heavy atom. The van der Waals surface area contributed by atoms with E-state index in [1.807, 2.05) is 0 Å². The zero-order chi connectivity index (χ0) is 6.85. The largest absolute Gasteiger partial charge is 0.462 e. The fourth-order valence-electron chi connectivity index (χ4n) is 1.01. The van der Waals surface area contributed by atoms with Crippen molar-refractivity contribution in [3.05, 3.63) is 0 Å². The molecule has 2 unspecified atom stereocenters. The first-order valence-corrected chi connectivity index (χ1v) is 3.41. The number of hydrogen-bond acceptors (Lipinski definition) is 2. The highest BCUT2D eigenvalue weighted by Crippen LogP contribution is 2.36. The third kappa shape index (κ3) is 1.70. The average Bonchev–Trinajstić information content (AvgIpc) is 2.45. The highest BCUT2D eigenvalue weighted by atomic mass is 16.5. The summed E-state index contributed by atoms with van der Waals surface area (Å²) in [6.45, 7) is 3.58. The second-order valence-corrected chi connectivity index (χ2v) is 2.55. The van der Waals surface area contributed by atoms with E-state index in [0.29, 0.717) is 5.92 Å². The summed E-state index contributed by atoms with van der Waals surface area (Å²) in [5.74, 6) is 0.518. The zero-order valence-electron chi connectivity index (χ0n) is 5.89. The molecule has 0 aromatic carbocycles. The van der Waals surface area contributed by atoms with E-state index in [4.69, 9.17) is 4.74 Å². The molecule has 0 radical (unpaired) electrons. The third-order valence-corrected chi connectivity index (χ3v) is 1.70. The highest BCUT2D eigenvalue weighted by Gasteiger charge is 2.38. The molecule has 0 amide bonds. The molecule has 1 fully saturated rings. The summed E-state index contributed by atoms with van der Waals surface area (Å²) in [4.78, 5) is 10.3. The predicted octanol–water partition coefficient (Wildman–Crippen LogP) is 1.35. The van der Waals surface area contributed by atoms with Crippen LogP contribution in [-0.4, -0.2) is 12.1 Å². The smallest absolute Gasteiger partial charge is 0.302 e. The number of rotatable bonds is 2. The Labute approximate surface area is 55.2 Å². The topological polar surface area (TPSA) is 26.3 Å². The number of ether oxygens (including phenoxy) is 1. The standard InChI is InChI=1S/C7H12O2/c1-3-6-4-7(6)9-5(2)8/h6-7H,3-4H2,1-2H3. The molecule has 52 valence electrons. The molecule has 9 heavy (non-hydrogen) atoms. The Balaban J connectivity index is 2.12. The van der Waals surface area contributed by atoms with Crippen LogP contribution in [-0.2, 0) is 9.53 Å². The predicted molar refractivity (Wildman–Crippen MR) is 34.0 cm³/mol. The van der Waals surface area contributed by atoms with E-state index in [2.05, 4.69) is 6.92 Å². The summed E-state index contributed by atoms with van der Waals surface area (Å²) in [6, 6.07) is 0. The van der Waals surface area contributed by atoms with Crippen LogP contribution < -0.4 is 0 Å². The molecule has 0 aromatic rings. The van der Waals surface area contributed by atoms with Crippen LogP contribution in [0.15, 0.2) is 0 Å². The summed E-state index contributed by atoms with van der Waals surface area (Å²) in [6.07, 6.45) is 2.47. The van der Waals surface area contributed by atoms with E-state index in [9.17, 15) is 4.79 Å². The van der Waals surface area contributed by atoms with Gasteiger partial charge in [0, 0.05) is 6.92 Å².